The number of hydrogen-bond donors (Lipinski definition) is 1. The first-order chi connectivity index (χ1) is 9.11. The smallest absolute Gasteiger partial charge is 0.131 e. The molecule has 0 aromatic heterocycles. The van der Waals surface area contributed by atoms with Crippen LogP contribution in [0.4, 0.5) is 4.39 Å². The quantitative estimate of drug-likeness (QED) is 0.847. The molecule has 2 N–H and O–H groups in total. The summed E-state index contributed by atoms with van der Waals surface area (Å²) in [5.41, 5.74) is 9.28. The minimum atomic E-state index is -0.164. The molecule has 19 heavy (non-hydrogen) atoms. The summed E-state index contributed by atoms with van der Waals surface area (Å²) in [6.45, 7) is 4.39. The third-order valence-electron chi connectivity index (χ3n) is 3.11. The molecule has 0 heterocycles. The van der Waals surface area contributed by atoms with Gasteiger partial charge in [-0.2, -0.15) is 0 Å². The van der Waals surface area contributed by atoms with E-state index in [1.165, 1.54) is 16.0 Å². The monoisotopic (exact) mass is 275 g/mol. The second-order valence-corrected chi connectivity index (χ2v) is 5.67. The van der Waals surface area contributed by atoms with Gasteiger partial charge in [-0.1, -0.05) is 35.9 Å². The highest BCUT2D eigenvalue weighted by molar-refractivity contribution is 7.98. The largest absolute Gasteiger partial charge is 0.326 e. The van der Waals surface area contributed by atoms with Gasteiger partial charge in [-0.3, -0.25) is 0 Å². The van der Waals surface area contributed by atoms with Gasteiger partial charge in [0.05, 0.1) is 0 Å². The summed E-state index contributed by atoms with van der Waals surface area (Å²) in [5, 5.41) is 0. The molecule has 1 nitrogen and oxygen atoms in total. The van der Waals surface area contributed by atoms with Crippen LogP contribution in [-0.4, -0.2) is 0 Å². The number of benzene rings is 2. The molecule has 100 valence electrons. The molecule has 0 aliphatic rings. The number of thioether (sulfide) groups is 1. The lowest BCUT2D eigenvalue weighted by molar-refractivity contribution is 0.600. The molecule has 3 heteroatoms. The first-order valence-electron chi connectivity index (χ1n) is 6.28. The summed E-state index contributed by atoms with van der Waals surface area (Å²) in [7, 11) is 0. The molecule has 0 aliphatic carbocycles. The van der Waals surface area contributed by atoms with Crippen LogP contribution in [0, 0.1) is 19.7 Å². The zero-order chi connectivity index (χ0) is 13.8. The second kappa shape index (κ2) is 6.22. The van der Waals surface area contributed by atoms with Gasteiger partial charge in [-0.25, -0.2) is 4.39 Å². The van der Waals surface area contributed by atoms with Crippen LogP contribution in [0.1, 0.15) is 22.3 Å². The lowest BCUT2D eigenvalue weighted by atomic mass is 10.1. The molecule has 0 atom stereocenters. The fourth-order valence-electron chi connectivity index (χ4n) is 1.92. The van der Waals surface area contributed by atoms with Gasteiger partial charge in [0, 0.05) is 22.8 Å². The Morgan fingerprint density at radius 3 is 2.58 bits per heavy atom. The maximum atomic E-state index is 14.1. The summed E-state index contributed by atoms with van der Waals surface area (Å²) in [5.74, 6) is 0.465. The summed E-state index contributed by atoms with van der Waals surface area (Å²) < 4.78 is 14.1. The van der Waals surface area contributed by atoms with Gasteiger partial charge in [0.15, 0.2) is 0 Å². The molecule has 0 aliphatic heterocycles. The Hall–Kier alpha value is -1.32. The molecule has 2 aromatic rings. The van der Waals surface area contributed by atoms with E-state index < -0.39 is 0 Å². The van der Waals surface area contributed by atoms with Crippen molar-refractivity contribution in [2.45, 2.75) is 31.0 Å². The van der Waals surface area contributed by atoms with E-state index >= 15 is 0 Å². The summed E-state index contributed by atoms with van der Waals surface area (Å²) in [6.07, 6.45) is 0. The molecule has 0 unspecified atom stereocenters. The number of rotatable bonds is 4. The standard InChI is InChI=1S/C16H18FNS/c1-11-6-7-12(2)15(8-11)19-10-14-5-3-4-13(9-18)16(14)17/h3-8H,9-10,18H2,1-2H3. The van der Waals surface area contributed by atoms with Crippen molar-refractivity contribution in [2.75, 3.05) is 0 Å². The Kier molecular flexibility index (Phi) is 4.61. The van der Waals surface area contributed by atoms with E-state index in [1.807, 2.05) is 12.1 Å². The third-order valence-corrected chi connectivity index (χ3v) is 4.31. The zero-order valence-corrected chi connectivity index (χ0v) is 12.1. The SMILES string of the molecule is Cc1ccc(C)c(SCc2cccc(CN)c2F)c1. The topological polar surface area (TPSA) is 26.0 Å². The van der Waals surface area contributed by atoms with Crippen molar-refractivity contribution < 1.29 is 4.39 Å². The van der Waals surface area contributed by atoms with Crippen LogP contribution in [-0.2, 0) is 12.3 Å². The van der Waals surface area contributed by atoms with Crippen molar-refractivity contribution in [1.82, 2.24) is 0 Å². The van der Waals surface area contributed by atoms with Gasteiger partial charge in [-0.15, -0.1) is 11.8 Å². The number of hydrogen-bond acceptors (Lipinski definition) is 2. The van der Waals surface area contributed by atoms with Crippen molar-refractivity contribution in [2.24, 2.45) is 5.73 Å². The average molecular weight is 275 g/mol. The predicted molar refractivity (Wildman–Crippen MR) is 79.8 cm³/mol. The van der Waals surface area contributed by atoms with Crippen LogP contribution in [0.2, 0.25) is 0 Å². The van der Waals surface area contributed by atoms with Crippen molar-refractivity contribution in [1.29, 1.82) is 0 Å². The van der Waals surface area contributed by atoms with Crippen molar-refractivity contribution in [3.05, 3.63) is 64.5 Å². The van der Waals surface area contributed by atoms with E-state index in [2.05, 4.69) is 32.0 Å². The molecule has 0 fully saturated rings. The maximum Gasteiger partial charge on any atom is 0.131 e. The van der Waals surface area contributed by atoms with Crippen LogP contribution in [0.3, 0.4) is 0 Å². The lowest BCUT2D eigenvalue weighted by Gasteiger charge is -2.09. The van der Waals surface area contributed by atoms with Crippen molar-refractivity contribution >= 4 is 11.8 Å². The van der Waals surface area contributed by atoms with Gasteiger partial charge in [-0.05, 0) is 31.0 Å². The molecule has 0 saturated heterocycles. The number of nitrogens with two attached hydrogens (primary N) is 1. The molecule has 0 spiro atoms. The highest BCUT2D eigenvalue weighted by Crippen LogP contribution is 2.28. The highest BCUT2D eigenvalue weighted by atomic mass is 32.2. The van der Waals surface area contributed by atoms with E-state index in [4.69, 9.17) is 5.73 Å². The van der Waals surface area contributed by atoms with Crippen LogP contribution < -0.4 is 5.73 Å². The van der Waals surface area contributed by atoms with Crippen LogP contribution >= 0.6 is 11.8 Å². The van der Waals surface area contributed by atoms with Gasteiger partial charge in [0.25, 0.3) is 0 Å². The molecule has 0 bridgehead atoms. The lowest BCUT2D eigenvalue weighted by Crippen LogP contribution is -2.02. The molecule has 0 amide bonds. The van der Waals surface area contributed by atoms with E-state index in [1.54, 1.807) is 17.8 Å². The minimum absolute atomic E-state index is 0.164. The first-order valence-corrected chi connectivity index (χ1v) is 7.26. The molecular formula is C16H18FNS. The van der Waals surface area contributed by atoms with E-state index in [-0.39, 0.29) is 12.4 Å². The minimum Gasteiger partial charge on any atom is -0.326 e. The van der Waals surface area contributed by atoms with Crippen molar-refractivity contribution in [3.63, 3.8) is 0 Å². The summed E-state index contributed by atoms with van der Waals surface area (Å²) >= 11 is 1.67. The van der Waals surface area contributed by atoms with E-state index in [9.17, 15) is 4.39 Å². The van der Waals surface area contributed by atoms with E-state index in [0.717, 1.165) is 0 Å². The van der Waals surface area contributed by atoms with Gasteiger partial charge in [0.2, 0.25) is 0 Å². The Bertz CT molecular complexity index is 581. The van der Waals surface area contributed by atoms with Crippen LogP contribution in [0.25, 0.3) is 0 Å². The maximum absolute atomic E-state index is 14.1. The second-order valence-electron chi connectivity index (χ2n) is 4.65. The molecule has 2 rings (SSSR count). The zero-order valence-electron chi connectivity index (χ0n) is 11.2. The molecule has 0 radical (unpaired) electrons. The predicted octanol–water partition coefficient (Wildman–Crippen LogP) is 4.19. The van der Waals surface area contributed by atoms with E-state index in [0.29, 0.717) is 16.9 Å². The highest BCUT2D eigenvalue weighted by Gasteiger charge is 2.08. The van der Waals surface area contributed by atoms with Gasteiger partial charge in [0.1, 0.15) is 5.82 Å². The fraction of sp³-hybridized carbons (Fsp3) is 0.250. The molecule has 2 aromatic carbocycles. The molecule has 0 saturated carbocycles. The summed E-state index contributed by atoms with van der Waals surface area (Å²) in [6, 6.07) is 11.8. The van der Waals surface area contributed by atoms with Gasteiger partial charge < -0.3 is 5.73 Å². The normalized spacial score (nSPS) is 10.7. The number of halogens is 1. The Morgan fingerprint density at radius 2 is 1.84 bits per heavy atom. The Labute approximate surface area is 118 Å². The van der Waals surface area contributed by atoms with Crippen molar-refractivity contribution in [3.8, 4) is 0 Å². The fourth-order valence-corrected chi connectivity index (χ4v) is 3.02. The average Bonchev–Trinajstić information content (AvgIpc) is 2.41. The van der Waals surface area contributed by atoms with Crippen LogP contribution in [0.5, 0.6) is 0 Å². The number of aryl methyl sites for hydroxylation is 2. The third kappa shape index (κ3) is 3.37. The first kappa shape index (κ1) is 14.1. The Morgan fingerprint density at radius 1 is 1.11 bits per heavy atom. The Balaban J connectivity index is 2.17. The summed E-state index contributed by atoms with van der Waals surface area (Å²) in [4.78, 5) is 1.21. The van der Waals surface area contributed by atoms with Gasteiger partial charge >= 0.3 is 0 Å². The molecular weight excluding hydrogens is 257 g/mol. The van der Waals surface area contributed by atoms with Crippen LogP contribution in [0.15, 0.2) is 41.3 Å².